The van der Waals surface area contributed by atoms with Gasteiger partial charge in [-0.05, 0) is 24.1 Å². The summed E-state index contributed by atoms with van der Waals surface area (Å²) >= 11 is 12.1. The van der Waals surface area contributed by atoms with Crippen LogP contribution < -0.4 is 5.32 Å². The second kappa shape index (κ2) is 6.03. The zero-order valence-corrected chi connectivity index (χ0v) is 11.4. The molecule has 1 aromatic carbocycles. The van der Waals surface area contributed by atoms with Crippen molar-refractivity contribution in [3.63, 3.8) is 0 Å². The summed E-state index contributed by atoms with van der Waals surface area (Å²) in [7, 11) is 0. The Hall–Kier alpha value is -1.32. The first-order valence-electron chi connectivity index (χ1n) is 5.67. The van der Waals surface area contributed by atoms with Crippen LogP contribution >= 0.6 is 23.2 Å². The number of nitrogens with one attached hydrogen (secondary N) is 1. The highest BCUT2D eigenvalue weighted by molar-refractivity contribution is 6.35. The highest BCUT2D eigenvalue weighted by Crippen LogP contribution is 2.30. The number of hydrogen-bond acceptors (Lipinski definition) is 3. The first kappa shape index (κ1) is 13.1. The predicted molar refractivity (Wildman–Crippen MR) is 75.1 cm³/mol. The van der Waals surface area contributed by atoms with E-state index in [1.165, 1.54) is 6.33 Å². The Bertz CT molecular complexity index is 517. The lowest BCUT2D eigenvalue weighted by Gasteiger charge is -2.19. The molecule has 18 heavy (non-hydrogen) atoms. The van der Waals surface area contributed by atoms with Gasteiger partial charge in [-0.15, -0.1) is 0 Å². The summed E-state index contributed by atoms with van der Waals surface area (Å²) in [6.45, 7) is 2.09. The monoisotopic (exact) mass is 281 g/mol. The highest BCUT2D eigenvalue weighted by atomic mass is 35.5. The summed E-state index contributed by atoms with van der Waals surface area (Å²) in [5.41, 5.74) is 1.89. The van der Waals surface area contributed by atoms with Crippen molar-refractivity contribution in [3.8, 4) is 0 Å². The number of benzene rings is 1. The number of aromatic nitrogens is 2. The standard InChI is InChI=1S/C13H13Cl2N3/c1-2-13(18-10-6-16-8-17-7-10)11-4-3-9(14)5-12(11)15/h3-8,13,18H,2H2,1H3. The molecule has 0 bridgehead atoms. The van der Waals surface area contributed by atoms with Crippen molar-refractivity contribution < 1.29 is 0 Å². The Morgan fingerprint density at radius 2 is 1.94 bits per heavy atom. The molecular weight excluding hydrogens is 269 g/mol. The number of anilines is 1. The third-order valence-corrected chi connectivity index (χ3v) is 3.21. The van der Waals surface area contributed by atoms with Gasteiger partial charge in [0.15, 0.2) is 0 Å². The molecule has 1 unspecified atom stereocenters. The molecule has 3 nitrogen and oxygen atoms in total. The molecule has 0 aliphatic carbocycles. The van der Waals surface area contributed by atoms with Crippen molar-refractivity contribution in [2.24, 2.45) is 0 Å². The normalized spacial score (nSPS) is 12.2. The summed E-state index contributed by atoms with van der Waals surface area (Å²) in [5, 5.41) is 4.66. The molecule has 0 amide bonds. The molecule has 0 radical (unpaired) electrons. The van der Waals surface area contributed by atoms with Gasteiger partial charge in [0.2, 0.25) is 0 Å². The topological polar surface area (TPSA) is 37.8 Å². The van der Waals surface area contributed by atoms with Crippen LogP contribution in [-0.2, 0) is 0 Å². The minimum Gasteiger partial charge on any atom is -0.376 e. The highest BCUT2D eigenvalue weighted by Gasteiger charge is 2.13. The summed E-state index contributed by atoms with van der Waals surface area (Å²) < 4.78 is 0. The van der Waals surface area contributed by atoms with E-state index in [2.05, 4.69) is 22.2 Å². The summed E-state index contributed by atoms with van der Waals surface area (Å²) in [5.74, 6) is 0. The maximum absolute atomic E-state index is 6.21. The lowest BCUT2D eigenvalue weighted by atomic mass is 10.0. The van der Waals surface area contributed by atoms with Gasteiger partial charge >= 0.3 is 0 Å². The first-order valence-corrected chi connectivity index (χ1v) is 6.42. The van der Waals surface area contributed by atoms with E-state index < -0.39 is 0 Å². The van der Waals surface area contributed by atoms with Crippen molar-refractivity contribution in [2.75, 3.05) is 5.32 Å². The van der Waals surface area contributed by atoms with Crippen LogP contribution in [0, 0.1) is 0 Å². The minimum absolute atomic E-state index is 0.112. The molecule has 0 aliphatic rings. The van der Waals surface area contributed by atoms with E-state index >= 15 is 0 Å². The maximum atomic E-state index is 6.21. The fraction of sp³-hybridized carbons (Fsp3) is 0.231. The second-order valence-corrected chi connectivity index (χ2v) is 4.74. The van der Waals surface area contributed by atoms with Crippen LogP contribution in [0.25, 0.3) is 0 Å². The molecule has 1 atom stereocenters. The lowest BCUT2D eigenvalue weighted by molar-refractivity contribution is 0.748. The van der Waals surface area contributed by atoms with Crippen molar-refractivity contribution in [3.05, 3.63) is 52.5 Å². The molecule has 0 saturated heterocycles. The maximum Gasteiger partial charge on any atom is 0.115 e. The number of hydrogen-bond donors (Lipinski definition) is 1. The minimum atomic E-state index is 0.112. The predicted octanol–water partition coefficient (Wildman–Crippen LogP) is 4.35. The summed E-state index contributed by atoms with van der Waals surface area (Å²) in [4.78, 5) is 7.95. The summed E-state index contributed by atoms with van der Waals surface area (Å²) in [6, 6.07) is 5.65. The number of nitrogens with zero attached hydrogens (tertiary/aromatic N) is 2. The second-order valence-electron chi connectivity index (χ2n) is 3.90. The van der Waals surface area contributed by atoms with Crippen molar-refractivity contribution in [1.29, 1.82) is 0 Å². The van der Waals surface area contributed by atoms with Crippen LogP contribution in [0.15, 0.2) is 36.9 Å². The molecule has 2 rings (SSSR count). The van der Waals surface area contributed by atoms with Gasteiger partial charge in [0.1, 0.15) is 6.33 Å². The van der Waals surface area contributed by atoms with Gasteiger partial charge in [0.05, 0.1) is 24.1 Å². The van der Waals surface area contributed by atoms with Gasteiger partial charge in [-0.3, -0.25) is 0 Å². The SMILES string of the molecule is CCC(Nc1cncnc1)c1ccc(Cl)cc1Cl. The molecule has 94 valence electrons. The zero-order valence-electron chi connectivity index (χ0n) is 9.90. The molecule has 0 saturated carbocycles. The fourth-order valence-electron chi connectivity index (χ4n) is 1.76. The van der Waals surface area contributed by atoms with Crippen molar-refractivity contribution in [1.82, 2.24) is 9.97 Å². The van der Waals surface area contributed by atoms with Gasteiger partial charge in [-0.1, -0.05) is 36.2 Å². The van der Waals surface area contributed by atoms with Gasteiger partial charge in [-0.2, -0.15) is 0 Å². The quantitative estimate of drug-likeness (QED) is 0.906. The fourth-order valence-corrected chi connectivity index (χ4v) is 2.30. The van der Waals surface area contributed by atoms with E-state index in [0.29, 0.717) is 10.0 Å². The van der Waals surface area contributed by atoms with Gasteiger partial charge in [-0.25, -0.2) is 9.97 Å². The van der Waals surface area contributed by atoms with Crippen molar-refractivity contribution in [2.45, 2.75) is 19.4 Å². The number of rotatable bonds is 4. The van der Waals surface area contributed by atoms with Crippen LogP contribution in [0.1, 0.15) is 24.9 Å². The Balaban J connectivity index is 2.23. The van der Waals surface area contributed by atoms with Crippen LogP contribution in [-0.4, -0.2) is 9.97 Å². The average Bonchev–Trinajstić information content (AvgIpc) is 2.38. The van der Waals surface area contributed by atoms with E-state index in [9.17, 15) is 0 Å². The van der Waals surface area contributed by atoms with Crippen LogP contribution in [0.2, 0.25) is 10.0 Å². The van der Waals surface area contributed by atoms with Crippen LogP contribution in [0.4, 0.5) is 5.69 Å². The van der Waals surface area contributed by atoms with Gasteiger partial charge < -0.3 is 5.32 Å². The third kappa shape index (κ3) is 3.12. The van der Waals surface area contributed by atoms with Gasteiger partial charge in [0.25, 0.3) is 0 Å². The van der Waals surface area contributed by atoms with Crippen LogP contribution in [0.5, 0.6) is 0 Å². The first-order chi connectivity index (χ1) is 8.70. The molecule has 1 heterocycles. The largest absolute Gasteiger partial charge is 0.376 e. The Kier molecular flexibility index (Phi) is 4.39. The third-order valence-electron chi connectivity index (χ3n) is 2.65. The Morgan fingerprint density at radius 1 is 1.22 bits per heavy atom. The molecule has 0 aliphatic heterocycles. The van der Waals surface area contributed by atoms with Gasteiger partial charge in [0, 0.05) is 10.0 Å². The molecule has 1 aromatic heterocycles. The van der Waals surface area contributed by atoms with E-state index in [0.717, 1.165) is 17.7 Å². The number of halogens is 2. The molecule has 5 heteroatoms. The Labute approximate surface area is 116 Å². The van der Waals surface area contributed by atoms with E-state index in [-0.39, 0.29) is 6.04 Å². The Morgan fingerprint density at radius 3 is 2.56 bits per heavy atom. The summed E-state index contributed by atoms with van der Waals surface area (Å²) in [6.07, 6.45) is 5.87. The van der Waals surface area contributed by atoms with Crippen molar-refractivity contribution >= 4 is 28.9 Å². The smallest absolute Gasteiger partial charge is 0.115 e. The van der Waals surface area contributed by atoms with E-state index in [1.54, 1.807) is 18.5 Å². The molecule has 0 fully saturated rings. The van der Waals surface area contributed by atoms with Crippen LogP contribution in [0.3, 0.4) is 0 Å². The lowest BCUT2D eigenvalue weighted by Crippen LogP contribution is -2.10. The van der Waals surface area contributed by atoms with E-state index in [4.69, 9.17) is 23.2 Å². The molecule has 0 spiro atoms. The molecule has 1 N–H and O–H groups in total. The molecular formula is C13H13Cl2N3. The molecule has 2 aromatic rings. The zero-order chi connectivity index (χ0) is 13.0. The average molecular weight is 282 g/mol. The van der Waals surface area contributed by atoms with E-state index in [1.807, 2.05) is 12.1 Å².